The van der Waals surface area contributed by atoms with Gasteiger partial charge in [-0.1, -0.05) is 0 Å². The molecule has 0 bridgehead atoms. The van der Waals surface area contributed by atoms with Crippen LogP contribution in [-0.2, 0) is 0 Å². The summed E-state index contributed by atoms with van der Waals surface area (Å²) < 4.78 is 0. The van der Waals surface area contributed by atoms with Crippen molar-refractivity contribution in [2.24, 2.45) is 0 Å². The van der Waals surface area contributed by atoms with Crippen molar-refractivity contribution >= 4 is 49.6 Å². The number of halogens is 5. The van der Waals surface area contributed by atoms with Crippen LogP contribution in [0.5, 0.6) is 0 Å². The standard InChI is InChI=1S/Cl4I/c1-5(2,3)4. The van der Waals surface area contributed by atoms with Gasteiger partial charge in [-0.2, -0.15) is 0 Å². The Labute approximate surface area is 49.1 Å². The molecule has 0 nitrogen and oxygen atoms in total. The van der Waals surface area contributed by atoms with Crippen LogP contribution in [-0.4, -0.2) is 0 Å². The Bertz CT molecular complexity index is 19.1. The zero-order valence-electron chi connectivity index (χ0n) is 1.89. The molecule has 0 rings (SSSR count). The SMILES string of the molecule is Cl[I](Cl)(Cl)Cl. The van der Waals surface area contributed by atoms with Gasteiger partial charge in [0.25, 0.3) is 0 Å². The third kappa shape index (κ3) is 25.0. The van der Waals surface area contributed by atoms with Crippen LogP contribution in [0.1, 0.15) is 0 Å². The third-order valence-electron chi connectivity index (χ3n) is 0. The topological polar surface area (TPSA) is 0 Å². The minimum absolute atomic E-state index is 3.05. The molecule has 0 heterocycles. The van der Waals surface area contributed by atoms with Crippen molar-refractivity contribution in [3.05, 3.63) is 0 Å². The van der Waals surface area contributed by atoms with E-state index in [1.807, 2.05) is 0 Å². The van der Waals surface area contributed by atoms with E-state index in [4.69, 9.17) is 35.6 Å². The average Bonchev–Trinajstić information content (AvgIpc) is 0.722. The van der Waals surface area contributed by atoms with Crippen LogP contribution in [0.2, 0.25) is 0 Å². The second-order valence-electron chi connectivity index (χ2n) is 0.324. The predicted molar refractivity (Wildman–Crippen MR) is 37.4 cm³/mol. The molecule has 0 saturated heterocycles. The van der Waals surface area contributed by atoms with Crippen molar-refractivity contribution in [2.75, 3.05) is 0 Å². The molecule has 0 aliphatic heterocycles. The van der Waals surface area contributed by atoms with Crippen LogP contribution in [0.4, 0.5) is 0 Å². The maximum absolute atomic E-state index is 5.01. The van der Waals surface area contributed by atoms with Gasteiger partial charge in [0.15, 0.2) is 0 Å². The Morgan fingerprint density at radius 3 is 0.800 bits per heavy atom. The zero-order chi connectivity index (χ0) is 4.50. The summed E-state index contributed by atoms with van der Waals surface area (Å²) in [4.78, 5) is 0. The summed E-state index contributed by atoms with van der Waals surface area (Å²) in [6, 6.07) is 0. The van der Waals surface area contributed by atoms with E-state index in [1.165, 1.54) is 0 Å². The molecule has 0 atom stereocenters. The Morgan fingerprint density at radius 1 is 0.800 bits per heavy atom. The normalized spacial score (nSPS) is 15.2. The second-order valence-corrected chi connectivity index (χ2v) is 19.6. The first-order chi connectivity index (χ1) is 2.00. The Hall–Kier alpha value is 1.89. The van der Waals surface area contributed by atoms with Gasteiger partial charge in [0, 0.05) is 0 Å². The molecular formula is Cl4I. The molecule has 5 heavy (non-hydrogen) atoms. The third-order valence-corrected chi connectivity index (χ3v) is 0. The van der Waals surface area contributed by atoms with Gasteiger partial charge in [-0.3, -0.25) is 0 Å². The maximum atomic E-state index is 5.01. The second kappa shape index (κ2) is 2.26. The number of hydrogen-bond donors (Lipinski definition) is 0. The van der Waals surface area contributed by atoms with Crippen LogP contribution < -0.4 is 0 Å². The average molecular weight is 269 g/mol. The van der Waals surface area contributed by atoms with Crippen LogP contribution in [0, 0.1) is 0 Å². The van der Waals surface area contributed by atoms with Gasteiger partial charge in [-0.15, -0.1) is 0 Å². The molecule has 0 amide bonds. The van der Waals surface area contributed by atoms with Gasteiger partial charge in [-0.25, -0.2) is 0 Å². The molecule has 0 fully saturated rings. The van der Waals surface area contributed by atoms with E-state index in [0.29, 0.717) is 0 Å². The van der Waals surface area contributed by atoms with Crippen molar-refractivity contribution in [3.63, 3.8) is 0 Å². The number of hydrogen-bond acceptors (Lipinski definition) is 0. The van der Waals surface area contributed by atoms with Crippen LogP contribution in [0.25, 0.3) is 0 Å². The fourth-order valence-corrected chi connectivity index (χ4v) is 0. The van der Waals surface area contributed by atoms with Crippen molar-refractivity contribution in [3.8, 4) is 0 Å². The Morgan fingerprint density at radius 2 is 0.800 bits per heavy atom. The van der Waals surface area contributed by atoms with Crippen molar-refractivity contribution in [1.29, 1.82) is 0 Å². The van der Waals surface area contributed by atoms with Gasteiger partial charge in [0.1, 0.15) is 0 Å². The summed E-state index contributed by atoms with van der Waals surface area (Å²) in [6.45, 7) is 0. The van der Waals surface area contributed by atoms with E-state index in [2.05, 4.69) is 0 Å². The summed E-state index contributed by atoms with van der Waals surface area (Å²) in [5, 5.41) is 0. The summed E-state index contributed by atoms with van der Waals surface area (Å²) in [7, 11) is 20.0. The van der Waals surface area contributed by atoms with Gasteiger partial charge < -0.3 is 0 Å². The molecular weight excluding hydrogens is 269 g/mol. The van der Waals surface area contributed by atoms with Crippen LogP contribution in [0.3, 0.4) is 0 Å². The fraction of sp³-hybridized carbons (Fsp3) is 0. The van der Waals surface area contributed by atoms with Gasteiger partial charge >= 0.3 is 49.6 Å². The van der Waals surface area contributed by atoms with E-state index in [1.54, 1.807) is 0 Å². The summed E-state index contributed by atoms with van der Waals surface area (Å²) in [5.41, 5.74) is 0. The van der Waals surface area contributed by atoms with E-state index in [0.717, 1.165) is 0 Å². The predicted octanol–water partition coefficient (Wildman–Crippen LogP) is 3.64. The van der Waals surface area contributed by atoms with Gasteiger partial charge in [-0.05, 0) is 0 Å². The first-order valence-electron chi connectivity index (χ1n) is 0.571. The summed E-state index contributed by atoms with van der Waals surface area (Å²) in [5.74, 6) is 0. The molecule has 0 N–H and O–H groups in total. The van der Waals surface area contributed by atoms with Gasteiger partial charge in [0.05, 0.1) is 0 Å². The van der Waals surface area contributed by atoms with E-state index in [-0.39, 0.29) is 0 Å². The molecule has 0 saturated carbocycles. The molecule has 0 aromatic rings. The van der Waals surface area contributed by atoms with Crippen LogP contribution >= 0.6 is 49.6 Å². The quantitative estimate of drug-likeness (QED) is 0.589. The van der Waals surface area contributed by atoms with E-state index in [9.17, 15) is 0 Å². The zero-order valence-corrected chi connectivity index (χ0v) is 7.07. The molecule has 0 aromatic heterocycles. The van der Waals surface area contributed by atoms with E-state index < -0.39 is 13.9 Å². The molecule has 0 aliphatic carbocycles. The fourth-order valence-electron chi connectivity index (χ4n) is 0. The monoisotopic (exact) mass is 267 g/mol. The first kappa shape index (κ1) is 6.89. The minimum atomic E-state index is -3.05. The molecule has 35 valence electrons. The Kier molecular flexibility index (Phi) is 3.12. The van der Waals surface area contributed by atoms with E-state index >= 15 is 0 Å². The number of rotatable bonds is 0. The summed E-state index contributed by atoms with van der Waals surface area (Å²) in [6.07, 6.45) is 0. The Balaban J connectivity index is 3.02. The molecule has 0 unspecified atom stereocenters. The van der Waals surface area contributed by atoms with Gasteiger partial charge in [0.2, 0.25) is 0 Å². The van der Waals surface area contributed by atoms with Crippen LogP contribution in [0.15, 0.2) is 0 Å². The van der Waals surface area contributed by atoms with Crippen molar-refractivity contribution < 1.29 is 0 Å². The molecule has 0 aliphatic rings. The molecule has 0 spiro atoms. The van der Waals surface area contributed by atoms with Crippen molar-refractivity contribution in [1.82, 2.24) is 0 Å². The first-order valence-corrected chi connectivity index (χ1v) is 11.5. The molecule has 0 aromatic carbocycles. The summed E-state index contributed by atoms with van der Waals surface area (Å²) >= 11 is -3.05. The molecule has 1 radical (unpaired) electrons. The molecule has 5 heteroatoms. The van der Waals surface area contributed by atoms with Crippen molar-refractivity contribution in [2.45, 2.75) is 0 Å².